The van der Waals surface area contributed by atoms with E-state index in [1.54, 1.807) is 0 Å². The van der Waals surface area contributed by atoms with E-state index in [-0.39, 0.29) is 22.9 Å². The van der Waals surface area contributed by atoms with Gasteiger partial charge < -0.3 is 25.8 Å². The maximum Gasteiger partial charge on any atom is 0.414 e. The van der Waals surface area contributed by atoms with Gasteiger partial charge in [-0.2, -0.15) is 5.26 Å². The summed E-state index contributed by atoms with van der Waals surface area (Å²) < 4.78 is 19.3. The standard InChI is InChI=1S/C15H14ClFN2O2S.C2H2O4/c16-11-6-13(9(7-18)4-12(11)17)21-14(5-10(19)8-20)15-2-1-3-22-15;3-1(4)2(5)6/h1-4,6,10,14,20H,5,8,19H2;(H,3,4)(H,5,6)/t10-,14+;/m0./s1. The zero-order valence-corrected chi connectivity index (χ0v) is 15.8. The Morgan fingerprint density at radius 2 is 2.00 bits per heavy atom. The van der Waals surface area contributed by atoms with Gasteiger partial charge in [-0.15, -0.1) is 11.3 Å². The fourth-order valence-electron chi connectivity index (χ4n) is 1.91. The predicted octanol–water partition coefficient (Wildman–Crippen LogP) is 2.40. The van der Waals surface area contributed by atoms with Crippen molar-refractivity contribution in [2.45, 2.75) is 18.6 Å². The molecule has 0 fully saturated rings. The minimum Gasteiger partial charge on any atom is -0.483 e. The van der Waals surface area contributed by atoms with Gasteiger partial charge in [-0.25, -0.2) is 14.0 Å². The Labute approximate surface area is 168 Å². The molecule has 0 unspecified atom stereocenters. The largest absolute Gasteiger partial charge is 0.483 e. The second-order valence-corrected chi connectivity index (χ2v) is 6.67. The van der Waals surface area contributed by atoms with Gasteiger partial charge in [0.2, 0.25) is 0 Å². The summed E-state index contributed by atoms with van der Waals surface area (Å²) in [6, 6.07) is 7.47. The Kier molecular flexibility index (Phi) is 9.34. The van der Waals surface area contributed by atoms with Crippen molar-refractivity contribution < 1.29 is 34.0 Å². The van der Waals surface area contributed by atoms with Crippen LogP contribution in [0, 0.1) is 17.1 Å². The Bertz CT molecular complexity index is 844. The topological polar surface area (TPSA) is 154 Å². The first kappa shape index (κ1) is 23.3. The number of rotatable bonds is 6. The number of ether oxygens (including phenoxy) is 1. The SMILES string of the molecule is N#Cc1cc(F)c(Cl)cc1O[C@H](C[C@H](N)CO)c1cccs1.O=C(O)C(=O)O. The first-order valence-corrected chi connectivity index (χ1v) is 8.87. The van der Waals surface area contributed by atoms with Crippen LogP contribution in [-0.2, 0) is 9.59 Å². The maximum absolute atomic E-state index is 13.4. The van der Waals surface area contributed by atoms with Crippen LogP contribution in [0.3, 0.4) is 0 Å². The highest BCUT2D eigenvalue weighted by atomic mass is 35.5. The van der Waals surface area contributed by atoms with E-state index in [1.165, 1.54) is 17.4 Å². The van der Waals surface area contributed by atoms with Crippen LogP contribution in [0.25, 0.3) is 0 Å². The van der Waals surface area contributed by atoms with Crippen LogP contribution in [0.2, 0.25) is 5.02 Å². The van der Waals surface area contributed by atoms with E-state index >= 15 is 0 Å². The number of nitrogens with zero attached hydrogens (tertiary/aromatic N) is 1. The molecular weight excluding hydrogens is 415 g/mol. The van der Waals surface area contributed by atoms with Crippen LogP contribution in [-0.4, -0.2) is 39.9 Å². The number of thiophene rings is 1. The molecule has 1 aromatic carbocycles. The monoisotopic (exact) mass is 430 g/mol. The van der Waals surface area contributed by atoms with Crippen molar-refractivity contribution in [3.8, 4) is 11.8 Å². The normalized spacial score (nSPS) is 12.1. The lowest BCUT2D eigenvalue weighted by atomic mass is 10.1. The van der Waals surface area contributed by atoms with E-state index in [0.717, 1.165) is 10.9 Å². The highest BCUT2D eigenvalue weighted by Crippen LogP contribution is 2.33. The number of aliphatic carboxylic acids is 2. The lowest BCUT2D eigenvalue weighted by Crippen LogP contribution is -2.28. The highest BCUT2D eigenvalue weighted by molar-refractivity contribution is 7.10. The molecule has 0 amide bonds. The van der Waals surface area contributed by atoms with Crippen LogP contribution in [0.4, 0.5) is 4.39 Å². The molecule has 0 saturated heterocycles. The molecule has 1 heterocycles. The predicted molar refractivity (Wildman–Crippen MR) is 98.8 cm³/mol. The van der Waals surface area contributed by atoms with Gasteiger partial charge in [0.1, 0.15) is 23.7 Å². The molecule has 28 heavy (non-hydrogen) atoms. The Hall–Kier alpha value is -2.71. The highest BCUT2D eigenvalue weighted by Gasteiger charge is 2.21. The van der Waals surface area contributed by atoms with Crippen molar-refractivity contribution in [2.24, 2.45) is 5.73 Å². The number of aliphatic hydroxyl groups excluding tert-OH is 1. The van der Waals surface area contributed by atoms with Gasteiger partial charge in [-0.05, 0) is 17.5 Å². The molecule has 0 aliphatic heterocycles. The van der Waals surface area contributed by atoms with Crippen molar-refractivity contribution in [2.75, 3.05) is 6.61 Å². The number of aliphatic hydroxyl groups is 1. The summed E-state index contributed by atoms with van der Waals surface area (Å²) in [5, 5.41) is 34.8. The van der Waals surface area contributed by atoms with Crippen LogP contribution in [0.15, 0.2) is 29.6 Å². The third-order valence-electron chi connectivity index (χ3n) is 3.21. The lowest BCUT2D eigenvalue weighted by Gasteiger charge is -2.21. The number of halogens is 2. The summed E-state index contributed by atoms with van der Waals surface area (Å²) in [6.45, 7) is -0.180. The minimum absolute atomic E-state index is 0.0565. The number of hydrogen-bond donors (Lipinski definition) is 4. The van der Waals surface area contributed by atoms with E-state index < -0.39 is 29.9 Å². The Balaban J connectivity index is 0.000000568. The Morgan fingerprint density at radius 1 is 1.36 bits per heavy atom. The quantitative estimate of drug-likeness (QED) is 0.509. The number of carboxylic acids is 2. The fourth-order valence-corrected chi connectivity index (χ4v) is 2.83. The van der Waals surface area contributed by atoms with Gasteiger partial charge in [-0.1, -0.05) is 17.7 Å². The molecule has 0 saturated carbocycles. The average molecular weight is 431 g/mol. The summed E-state index contributed by atoms with van der Waals surface area (Å²) in [5.74, 6) is -4.13. The van der Waals surface area contributed by atoms with Gasteiger partial charge in [0.05, 0.1) is 17.2 Å². The Morgan fingerprint density at radius 3 is 2.46 bits per heavy atom. The van der Waals surface area contributed by atoms with Gasteiger partial charge >= 0.3 is 11.9 Å². The maximum atomic E-state index is 13.4. The van der Waals surface area contributed by atoms with Crippen molar-refractivity contribution in [1.29, 1.82) is 5.26 Å². The number of carbonyl (C=O) groups is 2. The first-order chi connectivity index (χ1) is 13.2. The molecule has 150 valence electrons. The molecule has 11 heteroatoms. The zero-order valence-electron chi connectivity index (χ0n) is 14.2. The molecule has 0 spiro atoms. The lowest BCUT2D eigenvalue weighted by molar-refractivity contribution is -0.159. The second kappa shape index (κ2) is 11.2. The average Bonchev–Trinajstić information content (AvgIpc) is 3.18. The number of hydrogen-bond acceptors (Lipinski definition) is 7. The number of benzene rings is 1. The second-order valence-electron chi connectivity index (χ2n) is 5.28. The molecule has 1 aromatic heterocycles. The van der Waals surface area contributed by atoms with Gasteiger partial charge in [0, 0.05) is 23.4 Å². The van der Waals surface area contributed by atoms with Crippen LogP contribution < -0.4 is 10.5 Å². The smallest absolute Gasteiger partial charge is 0.414 e. The van der Waals surface area contributed by atoms with Gasteiger partial charge in [0.15, 0.2) is 0 Å². The van der Waals surface area contributed by atoms with Crippen molar-refractivity contribution in [3.63, 3.8) is 0 Å². The molecule has 0 bridgehead atoms. The fraction of sp³-hybridized carbons (Fsp3) is 0.235. The summed E-state index contributed by atoms with van der Waals surface area (Å²) in [6.07, 6.45) is -0.0903. The summed E-state index contributed by atoms with van der Waals surface area (Å²) in [7, 11) is 0. The van der Waals surface area contributed by atoms with Crippen molar-refractivity contribution in [1.82, 2.24) is 0 Å². The first-order valence-electron chi connectivity index (χ1n) is 7.61. The van der Waals surface area contributed by atoms with E-state index in [2.05, 4.69) is 0 Å². The van der Waals surface area contributed by atoms with Gasteiger partial charge in [0.25, 0.3) is 0 Å². The van der Waals surface area contributed by atoms with Crippen LogP contribution in [0.5, 0.6) is 5.75 Å². The molecule has 0 radical (unpaired) electrons. The molecule has 0 aliphatic rings. The molecule has 8 nitrogen and oxygen atoms in total. The van der Waals surface area contributed by atoms with E-state index in [1.807, 2.05) is 23.6 Å². The molecule has 2 atom stereocenters. The molecular formula is C17H16ClFN2O6S. The van der Waals surface area contributed by atoms with Gasteiger partial charge in [-0.3, -0.25) is 0 Å². The number of carboxylic acid groups (broad SMARTS) is 2. The van der Waals surface area contributed by atoms with E-state index in [0.29, 0.717) is 6.42 Å². The summed E-state index contributed by atoms with van der Waals surface area (Å²) >= 11 is 7.23. The third kappa shape index (κ3) is 7.13. The molecule has 2 aromatic rings. The molecule has 0 aliphatic carbocycles. The van der Waals surface area contributed by atoms with E-state index in [9.17, 15) is 4.39 Å². The van der Waals surface area contributed by atoms with Crippen LogP contribution in [0.1, 0.15) is 23.0 Å². The third-order valence-corrected chi connectivity index (χ3v) is 4.46. The molecule has 5 N–H and O–H groups in total. The van der Waals surface area contributed by atoms with Crippen molar-refractivity contribution in [3.05, 3.63) is 50.9 Å². The summed E-state index contributed by atoms with van der Waals surface area (Å²) in [5.41, 5.74) is 5.84. The number of nitriles is 1. The zero-order chi connectivity index (χ0) is 21.3. The summed E-state index contributed by atoms with van der Waals surface area (Å²) in [4.78, 5) is 19.1. The number of nitrogens with two attached hydrogens (primary N) is 1. The van der Waals surface area contributed by atoms with E-state index in [4.69, 9.17) is 52.2 Å². The minimum atomic E-state index is -1.82. The van der Waals surface area contributed by atoms with Crippen molar-refractivity contribution >= 4 is 34.9 Å². The molecule has 2 rings (SSSR count). The van der Waals surface area contributed by atoms with Crippen LogP contribution >= 0.6 is 22.9 Å².